The summed E-state index contributed by atoms with van der Waals surface area (Å²) in [6, 6.07) is -0.742. The molecule has 0 aliphatic carbocycles. The van der Waals surface area contributed by atoms with Gasteiger partial charge in [0.2, 0.25) is 5.91 Å². The molecule has 1 unspecified atom stereocenters. The van der Waals surface area contributed by atoms with Gasteiger partial charge in [-0.25, -0.2) is 9.89 Å². The number of carbonyl (C=O) groups excluding carboxylic acids is 1. The number of thioether (sulfide) groups is 1. The van der Waals surface area contributed by atoms with Crippen molar-refractivity contribution in [1.29, 1.82) is 0 Å². The molecule has 1 atom stereocenters. The Morgan fingerprint density at radius 2 is 2.26 bits per heavy atom. The molecule has 1 rings (SSSR count). The van der Waals surface area contributed by atoms with Gasteiger partial charge < -0.3 is 10.4 Å². The summed E-state index contributed by atoms with van der Waals surface area (Å²) < 4.78 is 1.15. The van der Waals surface area contributed by atoms with E-state index in [2.05, 4.69) is 15.5 Å². The third-order valence-corrected chi connectivity index (χ3v) is 3.25. The van der Waals surface area contributed by atoms with Crippen molar-refractivity contribution in [1.82, 2.24) is 20.1 Å². The molecular formula is C10H16N4O4S. The van der Waals surface area contributed by atoms with Gasteiger partial charge in [-0.3, -0.25) is 14.2 Å². The molecule has 1 amide bonds. The quantitative estimate of drug-likeness (QED) is 0.600. The maximum Gasteiger partial charge on any atom is 0.344 e. The van der Waals surface area contributed by atoms with E-state index in [9.17, 15) is 14.4 Å². The summed E-state index contributed by atoms with van der Waals surface area (Å²) >= 11 is 0.887. The molecule has 0 aliphatic heterocycles. The van der Waals surface area contributed by atoms with E-state index in [1.165, 1.54) is 0 Å². The van der Waals surface area contributed by atoms with Crippen molar-refractivity contribution in [3.8, 4) is 0 Å². The summed E-state index contributed by atoms with van der Waals surface area (Å²) in [6.45, 7) is 4.00. The highest BCUT2D eigenvalue weighted by Gasteiger charge is 2.21. The van der Waals surface area contributed by atoms with Crippen LogP contribution in [0.3, 0.4) is 0 Å². The maximum atomic E-state index is 11.8. The fraction of sp³-hybridized carbons (Fsp3) is 0.600. The average Bonchev–Trinajstić information content (AvgIpc) is 2.73. The molecule has 106 valence electrons. The number of rotatable bonds is 7. The van der Waals surface area contributed by atoms with E-state index in [0.717, 1.165) is 22.7 Å². The fourth-order valence-electron chi connectivity index (χ4n) is 1.37. The zero-order valence-corrected chi connectivity index (χ0v) is 11.5. The summed E-state index contributed by atoms with van der Waals surface area (Å²) in [7, 11) is 0. The Kier molecular flexibility index (Phi) is 5.61. The zero-order chi connectivity index (χ0) is 14.4. The molecule has 0 saturated carbocycles. The van der Waals surface area contributed by atoms with E-state index in [4.69, 9.17) is 5.11 Å². The first-order chi connectivity index (χ1) is 8.97. The van der Waals surface area contributed by atoms with Gasteiger partial charge in [-0.2, -0.15) is 0 Å². The van der Waals surface area contributed by atoms with E-state index in [-0.39, 0.29) is 16.8 Å². The lowest BCUT2D eigenvalue weighted by Gasteiger charge is -2.13. The molecule has 0 bridgehead atoms. The zero-order valence-electron chi connectivity index (χ0n) is 10.7. The third kappa shape index (κ3) is 4.12. The highest BCUT2D eigenvalue weighted by atomic mass is 32.2. The Hall–Kier alpha value is -1.77. The summed E-state index contributed by atoms with van der Waals surface area (Å²) in [4.78, 5) is 33.9. The SMILES string of the molecule is CCCNC(=O)C(C)n1c(SCC(=O)O)n[nH]c1=O. The molecule has 9 heteroatoms. The van der Waals surface area contributed by atoms with Crippen LogP contribution in [0, 0.1) is 0 Å². The number of aromatic amines is 1. The number of carboxylic acid groups (broad SMARTS) is 1. The first-order valence-electron chi connectivity index (χ1n) is 5.76. The minimum Gasteiger partial charge on any atom is -0.481 e. The summed E-state index contributed by atoms with van der Waals surface area (Å²) in [5, 5.41) is 17.4. The smallest absolute Gasteiger partial charge is 0.344 e. The van der Waals surface area contributed by atoms with Crippen molar-refractivity contribution >= 4 is 23.6 Å². The molecule has 0 aliphatic rings. The number of aliphatic carboxylic acids is 1. The predicted octanol–water partition coefficient (Wildman–Crippen LogP) is -0.165. The van der Waals surface area contributed by atoms with Crippen LogP contribution in [0.1, 0.15) is 26.3 Å². The summed E-state index contributed by atoms with van der Waals surface area (Å²) in [5.74, 6) is -1.55. The minimum absolute atomic E-state index is 0.187. The van der Waals surface area contributed by atoms with Gasteiger partial charge in [0, 0.05) is 6.54 Å². The number of aromatic nitrogens is 3. The monoisotopic (exact) mass is 288 g/mol. The Morgan fingerprint density at radius 1 is 1.58 bits per heavy atom. The largest absolute Gasteiger partial charge is 0.481 e. The molecule has 0 radical (unpaired) electrons. The van der Waals surface area contributed by atoms with E-state index in [1.807, 2.05) is 6.92 Å². The number of nitrogens with one attached hydrogen (secondary N) is 2. The average molecular weight is 288 g/mol. The molecule has 1 aromatic rings. The van der Waals surface area contributed by atoms with E-state index in [1.54, 1.807) is 6.92 Å². The van der Waals surface area contributed by atoms with Crippen LogP contribution in [-0.2, 0) is 9.59 Å². The first kappa shape index (κ1) is 15.3. The molecule has 1 aromatic heterocycles. The van der Waals surface area contributed by atoms with Crippen molar-refractivity contribution in [3.05, 3.63) is 10.5 Å². The number of carboxylic acids is 1. The summed E-state index contributed by atoms with van der Waals surface area (Å²) in [5.41, 5.74) is -0.535. The van der Waals surface area contributed by atoms with Crippen LogP contribution in [-0.4, -0.2) is 44.0 Å². The lowest BCUT2D eigenvalue weighted by molar-refractivity contribution is -0.133. The second-order valence-corrected chi connectivity index (χ2v) is 4.77. The topological polar surface area (TPSA) is 117 Å². The van der Waals surface area contributed by atoms with E-state index in [0.29, 0.717) is 6.54 Å². The molecule has 0 fully saturated rings. The highest BCUT2D eigenvalue weighted by Crippen LogP contribution is 2.16. The maximum absolute atomic E-state index is 11.8. The Balaban J connectivity index is 2.86. The second kappa shape index (κ2) is 6.98. The summed E-state index contributed by atoms with van der Waals surface area (Å²) in [6.07, 6.45) is 0.791. The Labute approximate surface area is 113 Å². The predicted molar refractivity (Wildman–Crippen MR) is 69.2 cm³/mol. The number of nitrogens with zero attached hydrogens (tertiary/aromatic N) is 2. The van der Waals surface area contributed by atoms with Gasteiger partial charge >= 0.3 is 11.7 Å². The Bertz CT molecular complexity index is 510. The van der Waals surface area contributed by atoms with E-state index < -0.39 is 17.7 Å². The molecule has 0 spiro atoms. The van der Waals surface area contributed by atoms with E-state index >= 15 is 0 Å². The van der Waals surface area contributed by atoms with Crippen LogP contribution >= 0.6 is 11.8 Å². The standard InChI is InChI=1S/C10H16N4O4S/c1-3-4-11-8(17)6(2)14-9(18)12-13-10(14)19-5-7(15)16/h6H,3-5H2,1-2H3,(H,11,17)(H,12,18)(H,15,16). The molecular weight excluding hydrogens is 272 g/mol. The molecule has 0 saturated heterocycles. The lowest BCUT2D eigenvalue weighted by atomic mass is 10.3. The van der Waals surface area contributed by atoms with Crippen molar-refractivity contribution in [2.45, 2.75) is 31.5 Å². The first-order valence-corrected chi connectivity index (χ1v) is 6.75. The van der Waals surface area contributed by atoms with Crippen molar-refractivity contribution in [2.24, 2.45) is 0 Å². The minimum atomic E-state index is -1.02. The number of carbonyl (C=O) groups is 2. The van der Waals surface area contributed by atoms with Crippen molar-refractivity contribution in [3.63, 3.8) is 0 Å². The third-order valence-electron chi connectivity index (χ3n) is 2.31. The van der Waals surface area contributed by atoms with Crippen molar-refractivity contribution in [2.75, 3.05) is 12.3 Å². The lowest BCUT2D eigenvalue weighted by Crippen LogP contribution is -2.35. The number of hydrogen-bond acceptors (Lipinski definition) is 5. The van der Waals surface area contributed by atoms with Gasteiger partial charge in [-0.05, 0) is 13.3 Å². The van der Waals surface area contributed by atoms with Crippen LogP contribution in [0.4, 0.5) is 0 Å². The fourth-order valence-corrected chi connectivity index (χ4v) is 2.12. The number of amides is 1. The highest BCUT2D eigenvalue weighted by molar-refractivity contribution is 7.99. The number of H-pyrrole nitrogens is 1. The van der Waals surface area contributed by atoms with Gasteiger partial charge in [-0.1, -0.05) is 18.7 Å². The Morgan fingerprint density at radius 3 is 2.84 bits per heavy atom. The molecule has 3 N–H and O–H groups in total. The van der Waals surface area contributed by atoms with Crippen LogP contribution in [0.25, 0.3) is 0 Å². The van der Waals surface area contributed by atoms with Gasteiger partial charge in [0.25, 0.3) is 0 Å². The van der Waals surface area contributed by atoms with Gasteiger partial charge in [0.15, 0.2) is 5.16 Å². The number of hydrogen-bond donors (Lipinski definition) is 3. The molecule has 19 heavy (non-hydrogen) atoms. The van der Waals surface area contributed by atoms with Crippen LogP contribution in [0.2, 0.25) is 0 Å². The van der Waals surface area contributed by atoms with Crippen LogP contribution in [0.15, 0.2) is 9.95 Å². The second-order valence-electron chi connectivity index (χ2n) is 3.83. The van der Waals surface area contributed by atoms with Gasteiger partial charge in [0.1, 0.15) is 6.04 Å². The van der Waals surface area contributed by atoms with Crippen LogP contribution in [0.5, 0.6) is 0 Å². The molecule has 1 heterocycles. The molecule has 0 aromatic carbocycles. The van der Waals surface area contributed by atoms with Gasteiger partial charge in [0.05, 0.1) is 5.75 Å². The molecule has 8 nitrogen and oxygen atoms in total. The normalized spacial score (nSPS) is 12.1. The van der Waals surface area contributed by atoms with Gasteiger partial charge in [-0.15, -0.1) is 5.10 Å². The van der Waals surface area contributed by atoms with Crippen molar-refractivity contribution < 1.29 is 14.7 Å². The van der Waals surface area contributed by atoms with Crippen LogP contribution < -0.4 is 11.0 Å².